The number of hydrogen-bond acceptors (Lipinski definition) is 5. The van der Waals surface area contributed by atoms with Crippen molar-refractivity contribution in [1.29, 1.82) is 5.26 Å². The van der Waals surface area contributed by atoms with Crippen molar-refractivity contribution < 1.29 is 4.92 Å². The molecule has 20 heavy (non-hydrogen) atoms. The summed E-state index contributed by atoms with van der Waals surface area (Å²) in [4.78, 5) is 14.6. The van der Waals surface area contributed by atoms with Crippen LogP contribution < -0.4 is 5.32 Å². The number of aromatic nitrogens is 1. The summed E-state index contributed by atoms with van der Waals surface area (Å²) < 4.78 is 0. The molecule has 0 saturated carbocycles. The number of nitro groups is 1. The number of benzene rings is 1. The van der Waals surface area contributed by atoms with Crippen LogP contribution >= 0.6 is 0 Å². The highest BCUT2D eigenvalue weighted by molar-refractivity contribution is 5.56. The van der Waals surface area contributed by atoms with Crippen molar-refractivity contribution in [2.75, 3.05) is 5.32 Å². The van der Waals surface area contributed by atoms with Gasteiger partial charge in [0.2, 0.25) is 0 Å². The molecule has 1 heterocycles. The lowest BCUT2D eigenvalue weighted by atomic mass is 10.1. The standard InChI is InChI=1S/C14H12N4O2/c1-10-6-7-16-14(12(10)8-15)17-9-11-4-2-3-5-13(11)18(19)20/h2-7H,9H2,1H3,(H,16,17). The molecule has 0 aliphatic heterocycles. The first kappa shape index (κ1) is 13.5. The van der Waals surface area contributed by atoms with E-state index in [1.54, 1.807) is 30.5 Å². The number of nitrogens with zero attached hydrogens (tertiary/aromatic N) is 3. The van der Waals surface area contributed by atoms with E-state index in [1.807, 2.05) is 6.92 Å². The number of aryl methyl sites for hydroxylation is 1. The van der Waals surface area contributed by atoms with Gasteiger partial charge in [0.25, 0.3) is 5.69 Å². The van der Waals surface area contributed by atoms with E-state index >= 15 is 0 Å². The van der Waals surface area contributed by atoms with Gasteiger partial charge in [-0.15, -0.1) is 0 Å². The number of anilines is 1. The lowest BCUT2D eigenvalue weighted by Crippen LogP contribution is -2.06. The van der Waals surface area contributed by atoms with Gasteiger partial charge in [0.15, 0.2) is 0 Å². The predicted octanol–water partition coefficient (Wildman–Crippen LogP) is 2.78. The molecule has 1 N–H and O–H groups in total. The van der Waals surface area contributed by atoms with Gasteiger partial charge in [0.05, 0.1) is 10.5 Å². The van der Waals surface area contributed by atoms with E-state index in [4.69, 9.17) is 5.26 Å². The molecule has 0 spiro atoms. The maximum atomic E-state index is 10.9. The fraction of sp³-hybridized carbons (Fsp3) is 0.143. The first-order valence-electron chi connectivity index (χ1n) is 5.95. The van der Waals surface area contributed by atoms with Gasteiger partial charge in [-0.2, -0.15) is 5.26 Å². The first-order valence-corrected chi connectivity index (χ1v) is 5.95. The third kappa shape index (κ3) is 2.72. The summed E-state index contributed by atoms with van der Waals surface area (Å²) in [5, 5.41) is 23.0. The van der Waals surface area contributed by atoms with Gasteiger partial charge in [0.1, 0.15) is 11.9 Å². The maximum Gasteiger partial charge on any atom is 0.274 e. The Morgan fingerprint density at radius 1 is 1.40 bits per heavy atom. The van der Waals surface area contributed by atoms with E-state index in [-0.39, 0.29) is 12.2 Å². The fourth-order valence-electron chi connectivity index (χ4n) is 1.85. The predicted molar refractivity (Wildman–Crippen MR) is 74.1 cm³/mol. The van der Waals surface area contributed by atoms with E-state index in [1.165, 1.54) is 6.07 Å². The van der Waals surface area contributed by atoms with Gasteiger partial charge < -0.3 is 5.32 Å². The zero-order valence-electron chi connectivity index (χ0n) is 10.8. The smallest absolute Gasteiger partial charge is 0.274 e. The highest BCUT2D eigenvalue weighted by atomic mass is 16.6. The van der Waals surface area contributed by atoms with Gasteiger partial charge in [-0.3, -0.25) is 10.1 Å². The third-order valence-corrected chi connectivity index (χ3v) is 2.91. The summed E-state index contributed by atoms with van der Waals surface area (Å²) in [5.41, 5.74) is 1.86. The summed E-state index contributed by atoms with van der Waals surface area (Å²) >= 11 is 0. The van der Waals surface area contributed by atoms with Crippen LogP contribution in [0.1, 0.15) is 16.7 Å². The molecule has 0 amide bonds. The van der Waals surface area contributed by atoms with Crippen LogP contribution in [0.2, 0.25) is 0 Å². The zero-order valence-corrected chi connectivity index (χ0v) is 10.8. The summed E-state index contributed by atoms with van der Waals surface area (Å²) in [6, 6.07) is 10.3. The van der Waals surface area contributed by atoms with Crippen molar-refractivity contribution >= 4 is 11.5 Å². The molecule has 0 saturated heterocycles. The third-order valence-electron chi connectivity index (χ3n) is 2.91. The van der Waals surface area contributed by atoms with Crippen LogP contribution in [0, 0.1) is 28.4 Å². The molecule has 0 atom stereocenters. The monoisotopic (exact) mass is 268 g/mol. The molecule has 0 unspecified atom stereocenters. The number of rotatable bonds is 4. The molecule has 2 rings (SSSR count). The van der Waals surface area contributed by atoms with Crippen LogP contribution in [0.15, 0.2) is 36.5 Å². The Bertz CT molecular complexity index is 692. The zero-order chi connectivity index (χ0) is 14.5. The molecular formula is C14H12N4O2. The molecule has 1 aromatic carbocycles. The van der Waals surface area contributed by atoms with Gasteiger partial charge in [-0.05, 0) is 18.6 Å². The second kappa shape index (κ2) is 5.80. The maximum absolute atomic E-state index is 10.9. The quantitative estimate of drug-likeness (QED) is 0.680. The molecule has 0 radical (unpaired) electrons. The van der Waals surface area contributed by atoms with Crippen molar-refractivity contribution in [2.45, 2.75) is 13.5 Å². The molecular weight excluding hydrogens is 256 g/mol. The molecule has 0 fully saturated rings. The average molecular weight is 268 g/mol. The van der Waals surface area contributed by atoms with Crippen LogP contribution in [0.4, 0.5) is 11.5 Å². The minimum Gasteiger partial charge on any atom is -0.365 e. The minimum absolute atomic E-state index is 0.0474. The van der Waals surface area contributed by atoms with Crippen LogP contribution in [0.5, 0.6) is 0 Å². The van der Waals surface area contributed by atoms with Gasteiger partial charge >= 0.3 is 0 Å². The average Bonchev–Trinajstić information content (AvgIpc) is 2.45. The Labute approximate surface area is 115 Å². The van der Waals surface area contributed by atoms with E-state index in [2.05, 4.69) is 16.4 Å². The summed E-state index contributed by atoms with van der Waals surface area (Å²) in [6.45, 7) is 2.05. The van der Waals surface area contributed by atoms with E-state index in [0.29, 0.717) is 16.9 Å². The van der Waals surface area contributed by atoms with Crippen LogP contribution in [0.3, 0.4) is 0 Å². The summed E-state index contributed by atoms with van der Waals surface area (Å²) in [7, 11) is 0. The van der Waals surface area contributed by atoms with Crippen molar-refractivity contribution in [2.24, 2.45) is 0 Å². The largest absolute Gasteiger partial charge is 0.365 e. The lowest BCUT2D eigenvalue weighted by Gasteiger charge is -2.08. The Morgan fingerprint density at radius 3 is 2.85 bits per heavy atom. The van der Waals surface area contributed by atoms with Gasteiger partial charge in [-0.25, -0.2) is 4.98 Å². The molecule has 100 valence electrons. The lowest BCUT2D eigenvalue weighted by molar-refractivity contribution is -0.385. The Hall–Kier alpha value is -2.94. The number of nitro benzene ring substituents is 1. The molecule has 1 aromatic heterocycles. The normalized spacial score (nSPS) is 9.80. The first-order chi connectivity index (χ1) is 9.63. The Balaban J connectivity index is 2.24. The number of nitrogens with one attached hydrogen (secondary N) is 1. The molecule has 0 aliphatic rings. The van der Waals surface area contributed by atoms with Crippen molar-refractivity contribution in [3.05, 3.63) is 63.3 Å². The van der Waals surface area contributed by atoms with Gasteiger partial charge in [-0.1, -0.05) is 18.2 Å². The highest BCUT2D eigenvalue weighted by Crippen LogP contribution is 2.20. The molecule has 6 heteroatoms. The van der Waals surface area contributed by atoms with Crippen LogP contribution in [-0.2, 0) is 6.54 Å². The second-order valence-corrected chi connectivity index (χ2v) is 4.20. The molecule has 6 nitrogen and oxygen atoms in total. The molecule has 0 bridgehead atoms. The van der Waals surface area contributed by atoms with Crippen LogP contribution in [-0.4, -0.2) is 9.91 Å². The Morgan fingerprint density at radius 2 is 2.15 bits per heavy atom. The Kier molecular flexibility index (Phi) is 3.91. The van der Waals surface area contributed by atoms with Crippen LogP contribution in [0.25, 0.3) is 0 Å². The van der Waals surface area contributed by atoms with Crippen molar-refractivity contribution in [1.82, 2.24) is 4.98 Å². The number of nitriles is 1. The minimum atomic E-state index is -0.425. The van der Waals surface area contributed by atoms with E-state index in [9.17, 15) is 10.1 Å². The van der Waals surface area contributed by atoms with Crippen molar-refractivity contribution in [3.63, 3.8) is 0 Å². The summed E-state index contributed by atoms with van der Waals surface area (Å²) in [5.74, 6) is 0.436. The van der Waals surface area contributed by atoms with E-state index < -0.39 is 4.92 Å². The molecule has 0 aliphatic carbocycles. The topological polar surface area (TPSA) is 91.8 Å². The summed E-state index contributed by atoms with van der Waals surface area (Å²) in [6.07, 6.45) is 1.60. The van der Waals surface area contributed by atoms with Gasteiger partial charge in [0, 0.05) is 24.4 Å². The number of hydrogen-bond donors (Lipinski definition) is 1. The SMILES string of the molecule is Cc1ccnc(NCc2ccccc2[N+](=O)[O-])c1C#N. The second-order valence-electron chi connectivity index (χ2n) is 4.20. The number of pyridine rings is 1. The van der Waals surface area contributed by atoms with Crippen molar-refractivity contribution in [3.8, 4) is 6.07 Å². The highest BCUT2D eigenvalue weighted by Gasteiger charge is 2.13. The number of para-hydroxylation sites is 1. The van der Waals surface area contributed by atoms with E-state index in [0.717, 1.165) is 5.56 Å². The molecule has 2 aromatic rings. The fourth-order valence-corrected chi connectivity index (χ4v) is 1.85.